The molecular weight excluding hydrogens is 380 g/mol. The molecule has 1 saturated heterocycles. The molecule has 3 heterocycles. The van der Waals surface area contributed by atoms with Crippen molar-refractivity contribution in [1.29, 1.82) is 0 Å². The van der Waals surface area contributed by atoms with Gasteiger partial charge in [-0.15, -0.1) is 11.3 Å². The Bertz CT molecular complexity index is 788. The molecule has 2 aliphatic heterocycles. The lowest BCUT2D eigenvalue weighted by Gasteiger charge is -2.34. The monoisotopic (exact) mass is 404 g/mol. The first-order chi connectivity index (χ1) is 13.8. The van der Waals surface area contributed by atoms with Crippen molar-refractivity contribution in [3.8, 4) is 17.2 Å². The van der Waals surface area contributed by atoms with Gasteiger partial charge in [-0.05, 0) is 23.6 Å². The number of hydrogen-bond donors (Lipinski definition) is 1. The van der Waals surface area contributed by atoms with Crippen molar-refractivity contribution in [3.63, 3.8) is 0 Å². The number of hydrogen-bond acceptors (Lipinski definition) is 7. The van der Waals surface area contributed by atoms with Crippen molar-refractivity contribution in [2.75, 3.05) is 53.2 Å². The number of morpholine rings is 1. The van der Waals surface area contributed by atoms with Crippen LogP contribution in [0.15, 0.2) is 29.6 Å². The molecule has 1 aromatic carbocycles. The van der Waals surface area contributed by atoms with Crippen LogP contribution < -0.4 is 19.5 Å². The number of thiophene rings is 1. The van der Waals surface area contributed by atoms with E-state index in [0.717, 1.165) is 26.3 Å². The van der Waals surface area contributed by atoms with E-state index in [-0.39, 0.29) is 11.9 Å². The minimum Gasteiger partial charge on any atom is -0.493 e. The third-order valence-corrected chi connectivity index (χ3v) is 5.88. The van der Waals surface area contributed by atoms with Gasteiger partial charge in [0.15, 0.2) is 11.5 Å². The summed E-state index contributed by atoms with van der Waals surface area (Å²) in [6, 6.07) is 7.69. The molecule has 1 fully saturated rings. The second-order valence-electron chi connectivity index (χ2n) is 6.59. The van der Waals surface area contributed by atoms with Crippen LogP contribution >= 0.6 is 11.3 Å². The molecule has 28 heavy (non-hydrogen) atoms. The van der Waals surface area contributed by atoms with Gasteiger partial charge in [0.05, 0.1) is 26.4 Å². The van der Waals surface area contributed by atoms with Crippen LogP contribution in [0.3, 0.4) is 0 Å². The first kappa shape index (κ1) is 19.0. The maximum Gasteiger partial charge on any atom is 0.251 e. The molecule has 1 unspecified atom stereocenters. The minimum atomic E-state index is -0.162. The molecule has 1 aromatic heterocycles. The minimum absolute atomic E-state index is 0.131. The van der Waals surface area contributed by atoms with Gasteiger partial charge < -0.3 is 24.3 Å². The Balaban J connectivity index is 1.49. The van der Waals surface area contributed by atoms with Crippen LogP contribution in [0.1, 0.15) is 21.3 Å². The third kappa shape index (κ3) is 4.09. The van der Waals surface area contributed by atoms with E-state index >= 15 is 0 Å². The molecule has 1 atom stereocenters. The fourth-order valence-corrected chi connectivity index (χ4v) is 4.34. The molecular formula is C20H24N2O5S. The average molecular weight is 404 g/mol. The van der Waals surface area contributed by atoms with Crippen LogP contribution in [0.25, 0.3) is 0 Å². The van der Waals surface area contributed by atoms with Crippen LogP contribution in [0.5, 0.6) is 17.2 Å². The fourth-order valence-electron chi connectivity index (χ4n) is 3.48. The van der Waals surface area contributed by atoms with E-state index in [1.165, 1.54) is 4.88 Å². The quantitative estimate of drug-likeness (QED) is 0.797. The number of amides is 1. The number of fused-ring (bicyclic) bond motifs is 1. The van der Waals surface area contributed by atoms with Crippen LogP contribution in [0.4, 0.5) is 0 Å². The summed E-state index contributed by atoms with van der Waals surface area (Å²) in [5, 5.41) is 5.14. The summed E-state index contributed by atoms with van der Waals surface area (Å²) in [5.41, 5.74) is 0.494. The lowest BCUT2D eigenvalue weighted by Crippen LogP contribution is -2.43. The smallest absolute Gasteiger partial charge is 0.251 e. The van der Waals surface area contributed by atoms with E-state index in [2.05, 4.69) is 21.7 Å². The van der Waals surface area contributed by atoms with Crippen molar-refractivity contribution in [1.82, 2.24) is 10.2 Å². The van der Waals surface area contributed by atoms with E-state index in [1.807, 2.05) is 6.07 Å². The van der Waals surface area contributed by atoms with E-state index < -0.39 is 0 Å². The van der Waals surface area contributed by atoms with E-state index in [4.69, 9.17) is 18.9 Å². The number of methoxy groups -OCH3 is 1. The van der Waals surface area contributed by atoms with Crippen molar-refractivity contribution in [2.45, 2.75) is 6.04 Å². The van der Waals surface area contributed by atoms with Gasteiger partial charge in [0, 0.05) is 30.1 Å². The topological polar surface area (TPSA) is 69.3 Å². The summed E-state index contributed by atoms with van der Waals surface area (Å²) in [5.74, 6) is 1.43. The zero-order valence-corrected chi connectivity index (χ0v) is 16.6. The van der Waals surface area contributed by atoms with Gasteiger partial charge in [-0.2, -0.15) is 0 Å². The summed E-state index contributed by atoms with van der Waals surface area (Å²) >= 11 is 1.71. The third-order valence-electron chi connectivity index (χ3n) is 4.90. The highest BCUT2D eigenvalue weighted by molar-refractivity contribution is 7.10. The second-order valence-corrected chi connectivity index (χ2v) is 7.57. The Morgan fingerprint density at radius 2 is 2.07 bits per heavy atom. The predicted molar refractivity (Wildman–Crippen MR) is 106 cm³/mol. The van der Waals surface area contributed by atoms with Crippen molar-refractivity contribution < 1.29 is 23.7 Å². The second kappa shape index (κ2) is 8.81. The van der Waals surface area contributed by atoms with Crippen LogP contribution in [0, 0.1) is 0 Å². The lowest BCUT2D eigenvalue weighted by atomic mass is 10.1. The lowest BCUT2D eigenvalue weighted by molar-refractivity contribution is 0.0169. The highest BCUT2D eigenvalue weighted by Gasteiger charge is 2.25. The van der Waals surface area contributed by atoms with Gasteiger partial charge in [0.1, 0.15) is 13.2 Å². The molecule has 1 N–H and O–H groups in total. The predicted octanol–water partition coefficient (Wildman–Crippen LogP) is 2.33. The highest BCUT2D eigenvalue weighted by atomic mass is 32.1. The van der Waals surface area contributed by atoms with Gasteiger partial charge >= 0.3 is 0 Å². The van der Waals surface area contributed by atoms with E-state index in [1.54, 1.807) is 30.6 Å². The summed E-state index contributed by atoms with van der Waals surface area (Å²) in [6.07, 6.45) is 0. The van der Waals surface area contributed by atoms with Gasteiger partial charge in [0.2, 0.25) is 5.75 Å². The molecule has 0 spiro atoms. The molecule has 0 aliphatic carbocycles. The Hall–Kier alpha value is -2.29. The summed E-state index contributed by atoms with van der Waals surface area (Å²) < 4.78 is 22.1. The molecule has 8 heteroatoms. The number of rotatable bonds is 6. The standard InChI is InChI=1S/C20H24N2O5S/c1-24-16-11-14(12-17-19(16)27-9-8-26-17)20(23)21-13-15(18-3-2-10-28-18)22-4-6-25-7-5-22/h2-3,10-12,15H,4-9,13H2,1H3,(H,21,23). The molecule has 0 bridgehead atoms. The molecule has 2 aliphatic rings. The van der Waals surface area contributed by atoms with Gasteiger partial charge in [-0.25, -0.2) is 0 Å². The van der Waals surface area contributed by atoms with Crippen LogP contribution in [0.2, 0.25) is 0 Å². The van der Waals surface area contributed by atoms with Crippen molar-refractivity contribution in [2.24, 2.45) is 0 Å². The molecule has 7 nitrogen and oxygen atoms in total. The van der Waals surface area contributed by atoms with Gasteiger partial charge in [-0.1, -0.05) is 6.07 Å². The van der Waals surface area contributed by atoms with Gasteiger partial charge in [0.25, 0.3) is 5.91 Å². The van der Waals surface area contributed by atoms with E-state index in [9.17, 15) is 4.79 Å². The Kier molecular flexibility index (Phi) is 5.99. The SMILES string of the molecule is COc1cc(C(=O)NCC(c2cccs2)N2CCOCC2)cc2c1OCCO2. The first-order valence-electron chi connectivity index (χ1n) is 9.37. The molecule has 0 saturated carbocycles. The maximum atomic E-state index is 12.9. The zero-order chi connectivity index (χ0) is 19.3. The number of benzene rings is 1. The molecule has 1 amide bonds. The zero-order valence-electron chi connectivity index (χ0n) is 15.8. The first-order valence-corrected chi connectivity index (χ1v) is 10.3. The molecule has 4 rings (SSSR count). The fraction of sp³-hybridized carbons (Fsp3) is 0.450. The normalized spacial score (nSPS) is 17.8. The van der Waals surface area contributed by atoms with Crippen LogP contribution in [-0.4, -0.2) is 64.0 Å². The average Bonchev–Trinajstić information content (AvgIpc) is 3.28. The van der Waals surface area contributed by atoms with E-state index in [0.29, 0.717) is 42.6 Å². The maximum absolute atomic E-state index is 12.9. The largest absolute Gasteiger partial charge is 0.493 e. The number of carbonyl (C=O) groups is 1. The number of ether oxygens (including phenoxy) is 4. The summed E-state index contributed by atoms with van der Waals surface area (Å²) in [4.78, 5) is 16.5. The Morgan fingerprint density at radius 3 is 2.82 bits per heavy atom. The Morgan fingerprint density at radius 1 is 1.25 bits per heavy atom. The van der Waals surface area contributed by atoms with Crippen molar-refractivity contribution >= 4 is 17.2 Å². The molecule has 0 radical (unpaired) electrons. The number of carbonyl (C=O) groups excluding carboxylic acids is 1. The van der Waals surface area contributed by atoms with Gasteiger partial charge in [-0.3, -0.25) is 9.69 Å². The number of nitrogens with one attached hydrogen (secondary N) is 1. The van der Waals surface area contributed by atoms with Crippen molar-refractivity contribution in [3.05, 3.63) is 40.1 Å². The molecule has 2 aromatic rings. The number of nitrogens with zero attached hydrogens (tertiary/aromatic N) is 1. The van der Waals surface area contributed by atoms with Crippen LogP contribution in [-0.2, 0) is 4.74 Å². The summed E-state index contributed by atoms with van der Waals surface area (Å²) in [7, 11) is 1.56. The summed E-state index contributed by atoms with van der Waals surface area (Å²) in [6.45, 7) is 4.60. The Labute approximate surface area is 168 Å². The highest BCUT2D eigenvalue weighted by Crippen LogP contribution is 2.40. The molecule has 150 valence electrons.